The topological polar surface area (TPSA) is 77.0 Å². The van der Waals surface area contributed by atoms with Crippen LogP contribution in [0.5, 0.6) is 0 Å². The van der Waals surface area contributed by atoms with Crippen LogP contribution >= 0.6 is 0 Å². The lowest BCUT2D eigenvalue weighted by molar-refractivity contribution is 0.0467. The second-order valence-electron chi connectivity index (χ2n) is 6.15. The quantitative estimate of drug-likeness (QED) is 0.435. The van der Waals surface area contributed by atoms with Gasteiger partial charge in [0.2, 0.25) is 5.78 Å². The highest BCUT2D eigenvalue weighted by Gasteiger charge is 2.20. The number of ketones is 1. The molecule has 6 heteroatoms. The number of hydrogen-bond acceptors (Lipinski definition) is 4. The van der Waals surface area contributed by atoms with E-state index in [-0.39, 0.29) is 18.1 Å². The van der Waals surface area contributed by atoms with Crippen molar-refractivity contribution in [1.82, 2.24) is 14.5 Å². The fourth-order valence-electron chi connectivity index (χ4n) is 3.15. The van der Waals surface area contributed by atoms with E-state index in [0.29, 0.717) is 5.56 Å². The third-order valence-electron chi connectivity index (χ3n) is 4.39. The summed E-state index contributed by atoms with van der Waals surface area (Å²) in [6, 6.07) is 16.9. The van der Waals surface area contributed by atoms with Gasteiger partial charge in [-0.1, -0.05) is 36.4 Å². The van der Waals surface area contributed by atoms with Crippen LogP contribution < -0.4 is 0 Å². The number of nitrogens with zero attached hydrogens (tertiary/aromatic N) is 2. The molecule has 0 amide bonds. The van der Waals surface area contributed by atoms with Crippen molar-refractivity contribution in [2.45, 2.75) is 6.92 Å². The Morgan fingerprint density at radius 3 is 2.63 bits per heavy atom. The van der Waals surface area contributed by atoms with Crippen LogP contribution in [0.4, 0.5) is 0 Å². The summed E-state index contributed by atoms with van der Waals surface area (Å²) in [6.07, 6.45) is 2.97. The van der Waals surface area contributed by atoms with Crippen LogP contribution in [0.3, 0.4) is 0 Å². The number of carbonyl (C=O) groups excluding carboxylic acids is 2. The first-order chi connectivity index (χ1) is 13.1. The molecule has 0 saturated heterocycles. The molecule has 0 bridgehead atoms. The number of ether oxygens (including phenoxy) is 1. The molecule has 4 aromatic rings. The van der Waals surface area contributed by atoms with Gasteiger partial charge in [0.05, 0.1) is 12.5 Å². The molecule has 2 heterocycles. The van der Waals surface area contributed by atoms with Crippen molar-refractivity contribution in [3.63, 3.8) is 0 Å². The monoisotopic (exact) mass is 359 g/mol. The first-order valence-corrected chi connectivity index (χ1v) is 8.50. The molecule has 134 valence electrons. The molecule has 0 aliphatic rings. The minimum Gasteiger partial charge on any atom is -0.453 e. The Labute approximate surface area is 155 Å². The highest BCUT2D eigenvalue weighted by atomic mass is 16.5. The zero-order valence-corrected chi connectivity index (χ0v) is 14.7. The van der Waals surface area contributed by atoms with Crippen molar-refractivity contribution in [1.29, 1.82) is 0 Å². The Hall–Kier alpha value is -3.67. The molecule has 2 aromatic carbocycles. The van der Waals surface area contributed by atoms with Crippen LogP contribution in [0.2, 0.25) is 0 Å². The van der Waals surface area contributed by atoms with Gasteiger partial charge in [0, 0.05) is 27.8 Å². The third kappa shape index (κ3) is 3.13. The largest absolute Gasteiger partial charge is 0.453 e. The fraction of sp³-hybridized carbons (Fsp3) is 0.0952. The first kappa shape index (κ1) is 16.8. The van der Waals surface area contributed by atoms with E-state index in [0.717, 1.165) is 22.3 Å². The van der Waals surface area contributed by atoms with Gasteiger partial charge < -0.3 is 9.72 Å². The molecular formula is C21H17N3O3. The predicted octanol–water partition coefficient (Wildman–Crippen LogP) is 3.70. The summed E-state index contributed by atoms with van der Waals surface area (Å²) >= 11 is 0. The van der Waals surface area contributed by atoms with Crippen molar-refractivity contribution in [2.75, 3.05) is 6.61 Å². The summed E-state index contributed by atoms with van der Waals surface area (Å²) in [5.74, 6) is -0.841. The van der Waals surface area contributed by atoms with E-state index in [1.165, 1.54) is 12.5 Å². The second kappa shape index (κ2) is 6.92. The molecule has 6 nitrogen and oxygen atoms in total. The number of rotatable bonds is 5. The maximum Gasteiger partial charge on any atom is 0.357 e. The average molecular weight is 359 g/mol. The van der Waals surface area contributed by atoms with Crippen molar-refractivity contribution in [2.24, 2.45) is 0 Å². The van der Waals surface area contributed by atoms with E-state index < -0.39 is 5.97 Å². The van der Waals surface area contributed by atoms with Gasteiger partial charge in [-0.2, -0.15) is 0 Å². The van der Waals surface area contributed by atoms with Crippen LogP contribution in [-0.2, 0) is 4.74 Å². The molecule has 4 rings (SSSR count). The normalized spacial score (nSPS) is 10.9. The highest BCUT2D eigenvalue weighted by Crippen LogP contribution is 2.22. The van der Waals surface area contributed by atoms with Gasteiger partial charge >= 0.3 is 5.97 Å². The summed E-state index contributed by atoms with van der Waals surface area (Å²) in [4.78, 5) is 32.3. The lowest BCUT2D eigenvalue weighted by Gasteiger charge is -2.08. The van der Waals surface area contributed by atoms with Gasteiger partial charge in [-0.05, 0) is 25.1 Å². The SMILES string of the molecule is Cc1[nH]c2ccccc2c1C(=O)COC(=O)c1cncn1-c1ccccc1. The maximum absolute atomic E-state index is 12.6. The number of Topliss-reactive ketones (excluding diaryl/α,β-unsaturated/α-hetero) is 1. The number of esters is 1. The van der Waals surface area contributed by atoms with Crippen molar-refractivity contribution in [3.05, 3.63) is 84.1 Å². The molecule has 0 aliphatic carbocycles. The minimum atomic E-state index is -0.595. The van der Waals surface area contributed by atoms with Gasteiger partial charge in [0.15, 0.2) is 12.3 Å². The first-order valence-electron chi connectivity index (χ1n) is 8.50. The van der Waals surface area contributed by atoms with Crippen molar-refractivity contribution in [3.8, 4) is 5.69 Å². The number of hydrogen-bond donors (Lipinski definition) is 1. The van der Waals surface area contributed by atoms with E-state index in [9.17, 15) is 9.59 Å². The number of imidazole rings is 1. The van der Waals surface area contributed by atoms with Gasteiger partial charge in [0.25, 0.3) is 0 Å². The summed E-state index contributed by atoms with van der Waals surface area (Å²) in [6.45, 7) is 1.50. The highest BCUT2D eigenvalue weighted by molar-refractivity contribution is 6.10. The number of fused-ring (bicyclic) bond motifs is 1. The maximum atomic E-state index is 12.6. The summed E-state index contributed by atoms with van der Waals surface area (Å²) in [7, 11) is 0. The predicted molar refractivity (Wildman–Crippen MR) is 101 cm³/mol. The Bertz CT molecular complexity index is 1130. The lowest BCUT2D eigenvalue weighted by atomic mass is 10.1. The van der Waals surface area contributed by atoms with E-state index >= 15 is 0 Å². The summed E-state index contributed by atoms with van der Waals surface area (Å²) in [5, 5.41) is 0.824. The Morgan fingerprint density at radius 2 is 1.81 bits per heavy atom. The fourth-order valence-corrected chi connectivity index (χ4v) is 3.15. The molecular weight excluding hydrogens is 342 g/mol. The molecule has 0 unspecified atom stereocenters. The number of aromatic amines is 1. The molecule has 27 heavy (non-hydrogen) atoms. The Morgan fingerprint density at radius 1 is 1.07 bits per heavy atom. The molecule has 1 N–H and O–H groups in total. The van der Waals surface area contributed by atoms with Crippen LogP contribution in [0.25, 0.3) is 16.6 Å². The molecule has 0 fully saturated rings. The van der Waals surface area contributed by atoms with Gasteiger partial charge in [-0.3, -0.25) is 9.36 Å². The van der Waals surface area contributed by atoms with E-state index in [2.05, 4.69) is 9.97 Å². The minimum absolute atomic E-state index is 0.246. The number of aromatic nitrogens is 3. The molecule has 0 saturated carbocycles. The van der Waals surface area contributed by atoms with Crippen LogP contribution in [0, 0.1) is 6.92 Å². The molecule has 2 aromatic heterocycles. The van der Waals surface area contributed by atoms with Gasteiger partial charge in [0.1, 0.15) is 0 Å². The van der Waals surface area contributed by atoms with Crippen LogP contribution in [-0.4, -0.2) is 32.9 Å². The zero-order valence-electron chi connectivity index (χ0n) is 14.7. The number of aryl methyl sites for hydroxylation is 1. The standard InChI is InChI=1S/C21H17N3O3/c1-14-20(16-9-5-6-10-17(16)23-14)19(25)12-27-21(26)18-11-22-13-24(18)15-7-3-2-4-8-15/h2-11,13,23H,12H2,1H3. The van der Waals surface area contributed by atoms with E-state index in [1.807, 2.05) is 61.5 Å². The smallest absolute Gasteiger partial charge is 0.357 e. The molecule has 0 atom stereocenters. The molecule has 0 radical (unpaired) electrons. The van der Waals surface area contributed by atoms with Gasteiger partial charge in [-0.25, -0.2) is 9.78 Å². The van der Waals surface area contributed by atoms with Gasteiger partial charge in [-0.15, -0.1) is 0 Å². The van der Waals surface area contributed by atoms with Crippen molar-refractivity contribution >= 4 is 22.7 Å². The number of para-hydroxylation sites is 2. The molecule has 0 aliphatic heterocycles. The van der Waals surface area contributed by atoms with Crippen molar-refractivity contribution < 1.29 is 14.3 Å². The lowest BCUT2D eigenvalue weighted by Crippen LogP contribution is -2.17. The average Bonchev–Trinajstić information content (AvgIpc) is 3.30. The number of nitrogens with one attached hydrogen (secondary N) is 1. The van der Waals surface area contributed by atoms with Crippen LogP contribution in [0.1, 0.15) is 26.5 Å². The second-order valence-corrected chi connectivity index (χ2v) is 6.15. The molecule has 0 spiro atoms. The van der Waals surface area contributed by atoms with E-state index in [4.69, 9.17) is 4.74 Å². The number of H-pyrrole nitrogens is 1. The Balaban J connectivity index is 1.53. The third-order valence-corrected chi connectivity index (χ3v) is 4.39. The summed E-state index contributed by atoms with van der Waals surface area (Å²) in [5.41, 5.74) is 3.25. The summed E-state index contributed by atoms with van der Waals surface area (Å²) < 4.78 is 6.90. The number of carbonyl (C=O) groups is 2. The van der Waals surface area contributed by atoms with E-state index in [1.54, 1.807) is 4.57 Å². The zero-order chi connectivity index (χ0) is 18.8. The Kier molecular flexibility index (Phi) is 4.30. The number of benzene rings is 2. The van der Waals surface area contributed by atoms with Crippen LogP contribution in [0.15, 0.2) is 67.1 Å².